The van der Waals surface area contributed by atoms with Crippen LogP contribution in [0.5, 0.6) is 0 Å². The highest BCUT2D eigenvalue weighted by atomic mass is 16.1. The van der Waals surface area contributed by atoms with Gasteiger partial charge in [-0.05, 0) is 42.7 Å². The maximum atomic E-state index is 10.8. The van der Waals surface area contributed by atoms with Gasteiger partial charge in [0.05, 0.1) is 0 Å². The lowest BCUT2D eigenvalue weighted by Crippen LogP contribution is -2.40. The Morgan fingerprint density at radius 1 is 1.24 bits per heavy atom. The second kappa shape index (κ2) is 4.12. The summed E-state index contributed by atoms with van der Waals surface area (Å²) < 4.78 is 0. The number of rotatable bonds is 1. The van der Waals surface area contributed by atoms with Crippen LogP contribution in [0.2, 0.25) is 0 Å². The lowest BCUT2D eigenvalue weighted by molar-refractivity contribution is 0.167. The highest BCUT2D eigenvalue weighted by Crippen LogP contribution is 2.50. The fraction of sp³-hybridized carbons (Fsp3) is 0.533. The zero-order valence-electron chi connectivity index (χ0n) is 9.98. The predicted molar refractivity (Wildman–Crippen MR) is 66.5 cm³/mol. The van der Waals surface area contributed by atoms with Gasteiger partial charge in [-0.2, -0.15) is 4.99 Å². The van der Waals surface area contributed by atoms with Gasteiger partial charge in [-0.3, -0.25) is 0 Å². The van der Waals surface area contributed by atoms with E-state index in [9.17, 15) is 4.79 Å². The second-order valence-corrected chi connectivity index (χ2v) is 5.27. The Balaban J connectivity index is 2.17. The van der Waals surface area contributed by atoms with Crippen LogP contribution in [0.1, 0.15) is 43.2 Å². The van der Waals surface area contributed by atoms with Crippen molar-refractivity contribution in [2.24, 2.45) is 10.9 Å². The van der Waals surface area contributed by atoms with Crippen molar-refractivity contribution in [3.8, 4) is 0 Å². The topological polar surface area (TPSA) is 29.4 Å². The Morgan fingerprint density at radius 2 is 2.12 bits per heavy atom. The Bertz CT molecular complexity index is 476. The fourth-order valence-electron chi connectivity index (χ4n) is 3.75. The molecule has 0 heterocycles. The maximum absolute atomic E-state index is 10.8. The van der Waals surface area contributed by atoms with E-state index in [1.807, 2.05) is 6.08 Å². The molecule has 3 rings (SSSR count). The summed E-state index contributed by atoms with van der Waals surface area (Å²) in [5, 5.41) is 0. The van der Waals surface area contributed by atoms with Crippen LogP contribution in [0.4, 0.5) is 0 Å². The van der Waals surface area contributed by atoms with Gasteiger partial charge >= 0.3 is 0 Å². The molecule has 1 fully saturated rings. The Kier molecular flexibility index (Phi) is 2.60. The molecule has 17 heavy (non-hydrogen) atoms. The molecule has 1 aromatic carbocycles. The number of fused-ring (bicyclic) bond motifs is 3. The van der Waals surface area contributed by atoms with Crippen LogP contribution in [0.25, 0.3) is 0 Å². The first-order valence-electron chi connectivity index (χ1n) is 6.54. The third-order valence-electron chi connectivity index (χ3n) is 4.53. The maximum Gasteiger partial charge on any atom is 0.235 e. The number of isocyanates is 1. The summed E-state index contributed by atoms with van der Waals surface area (Å²) in [7, 11) is 0. The normalized spacial score (nSPS) is 30.9. The molecule has 0 amide bonds. The van der Waals surface area contributed by atoms with E-state index in [1.54, 1.807) is 0 Å². The number of benzene rings is 1. The first-order valence-corrected chi connectivity index (χ1v) is 6.54. The van der Waals surface area contributed by atoms with Crippen LogP contribution in [0, 0.1) is 5.92 Å². The number of nitrogens with zero attached hydrogens (tertiary/aromatic N) is 1. The quantitative estimate of drug-likeness (QED) is 0.534. The zero-order chi connectivity index (χ0) is 11.7. The van der Waals surface area contributed by atoms with Crippen molar-refractivity contribution in [2.75, 3.05) is 0 Å². The summed E-state index contributed by atoms with van der Waals surface area (Å²) in [6.07, 6.45) is 8.83. The second-order valence-electron chi connectivity index (χ2n) is 5.27. The van der Waals surface area contributed by atoms with Gasteiger partial charge in [-0.25, -0.2) is 4.79 Å². The third-order valence-corrected chi connectivity index (χ3v) is 4.53. The first-order chi connectivity index (χ1) is 8.37. The zero-order valence-corrected chi connectivity index (χ0v) is 9.98. The van der Waals surface area contributed by atoms with Crippen LogP contribution >= 0.6 is 0 Å². The van der Waals surface area contributed by atoms with Crippen LogP contribution in [0.3, 0.4) is 0 Å². The number of hydrogen-bond donors (Lipinski definition) is 0. The monoisotopic (exact) mass is 227 g/mol. The van der Waals surface area contributed by atoms with E-state index in [2.05, 4.69) is 29.3 Å². The van der Waals surface area contributed by atoms with Gasteiger partial charge in [0.1, 0.15) is 5.54 Å². The lowest BCUT2D eigenvalue weighted by Gasteiger charge is -2.44. The molecule has 2 aliphatic carbocycles. The van der Waals surface area contributed by atoms with E-state index in [0.29, 0.717) is 5.92 Å². The highest BCUT2D eigenvalue weighted by molar-refractivity contribution is 5.43. The van der Waals surface area contributed by atoms with Gasteiger partial charge < -0.3 is 0 Å². The minimum absolute atomic E-state index is 0.241. The molecule has 0 N–H and O–H groups in total. The fourth-order valence-corrected chi connectivity index (χ4v) is 3.75. The molecule has 0 radical (unpaired) electrons. The SMILES string of the molecule is O=C=N[C@@]12CCCC[C@@H]1CCc1ccccc12. The van der Waals surface area contributed by atoms with E-state index in [0.717, 1.165) is 12.8 Å². The largest absolute Gasteiger partial charge is 0.235 e. The van der Waals surface area contributed by atoms with Gasteiger partial charge in [0.25, 0.3) is 0 Å². The molecule has 0 aromatic heterocycles. The van der Waals surface area contributed by atoms with E-state index in [1.165, 1.54) is 36.8 Å². The molecule has 0 aliphatic heterocycles. The highest BCUT2D eigenvalue weighted by Gasteiger charge is 2.45. The number of hydrogen-bond acceptors (Lipinski definition) is 2. The summed E-state index contributed by atoms with van der Waals surface area (Å²) in [6, 6.07) is 8.49. The van der Waals surface area contributed by atoms with Gasteiger partial charge in [0, 0.05) is 0 Å². The summed E-state index contributed by atoms with van der Waals surface area (Å²) in [5.74, 6) is 0.549. The molecule has 2 nitrogen and oxygen atoms in total. The Morgan fingerprint density at radius 3 is 3.00 bits per heavy atom. The molecule has 0 unspecified atom stereocenters. The van der Waals surface area contributed by atoms with Gasteiger partial charge in [0.15, 0.2) is 0 Å². The molecular formula is C15H17NO. The Labute approximate surface area is 102 Å². The molecule has 2 aliphatic rings. The van der Waals surface area contributed by atoms with Crippen molar-refractivity contribution >= 4 is 6.08 Å². The van der Waals surface area contributed by atoms with Crippen molar-refractivity contribution in [2.45, 2.75) is 44.1 Å². The molecule has 0 bridgehead atoms. The smallest absolute Gasteiger partial charge is 0.211 e. The van der Waals surface area contributed by atoms with E-state index in [4.69, 9.17) is 0 Å². The minimum Gasteiger partial charge on any atom is -0.211 e. The average Bonchev–Trinajstić information content (AvgIpc) is 2.39. The Hall–Kier alpha value is -1.40. The van der Waals surface area contributed by atoms with Gasteiger partial charge in [-0.15, -0.1) is 0 Å². The summed E-state index contributed by atoms with van der Waals surface area (Å²) in [4.78, 5) is 15.1. The molecule has 88 valence electrons. The summed E-state index contributed by atoms with van der Waals surface area (Å²) in [6.45, 7) is 0. The number of aliphatic imine (C=N–C) groups is 1. The van der Waals surface area contributed by atoms with Gasteiger partial charge in [-0.1, -0.05) is 37.1 Å². The molecule has 1 aromatic rings. The van der Waals surface area contributed by atoms with Crippen molar-refractivity contribution < 1.29 is 4.79 Å². The van der Waals surface area contributed by atoms with Gasteiger partial charge in [0.2, 0.25) is 6.08 Å². The third kappa shape index (κ3) is 1.56. The van der Waals surface area contributed by atoms with Crippen LogP contribution < -0.4 is 0 Å². The number of aryl methyl sites for hydroxylation is 1. The van der Waals surface area contributed by atoms with Crippen molar-refractivity contribution in [3.05, 3.63) is 35.4 Å². The first kappa shape index (κ1) is 10.7. The standard InChI is InChI=1S/C15H17NO/c17-11-16-15-10-4-3-6-13(15)9-8-12-5-1-2-7-14(12)15/h1-2,5,7,13H,3-4,6,8-10H2/t13-,15+/m1/s1. The van der Waals surface area contributed by atoms with E-state index < -0.39 is 0 Å². The molecule has 0 saturated heterocycles. The lowest BCUT2D eigenvalue weighted by atomic mass is 9.63. The minimum atomic E-state index is -0.241. The summed E-state index contributed by atoms with van der Waals surface area (Å²) >= 11 is 0. The van der Waals surface area contributed by atoms with Crippen molar-refractivity contribution in [1.82, 2.24) is 0 Å². The summed E-state index contributed by atoms with van der Waals surface area (Å²) in [5.41, 5.74) is 2.43. The molecule has 0 spiro atoms. The molecular weight excluding hydrogens is 210 g/mol. The molecule has 2 atom stereocenters. The van der Waals surface area contributed by atoms with Crippen LogP contribution in [-0.2, 0) is 16.8 Å². The van der Waals surface area contributed by atoms with E-state index >= 15 is 0 Å². The van der Waals surface area contributed by atoms with Crippen molar-refractivity contribution in [3.63, 3.8) is 0 Å². The van der Waals surface area contributed by atoms with Crippen LogP contribution in [0.15, 0.2) is 29.3 Å². The van der Waals surface area contributed by atoms with Crippen LogP contribution in [-0.4, -0.2) is 6.08 Å². The molecule has 1 saturated carbocycles. The molecule has 2 heteroatoms. The number of carbonyl (C=O) groups excluding carboxylic acids is 1. The van der Waals surface area contributed by atoms with E-state index in [-0.39, 0.29) is 5.54 Å². The average molecular weight is 227 g/mol. The predicted octanol–water partition coefficient (Wildman–Crippen LogP) is 3.35. The van der Waals surface area contributed by atoms with Crippen molar-refractivity contribution in [1.29, 1.82) is 0 Å².